The van der Waals surface area contributed by atoms with Crippen molar-refractivity contribution in [3.63, 3.8) is 0 Å². The number of hydrogen-bond acceptors (Lipinski definition) is 5. The molecule has 8 heteroatoms. The van der Waals surface area contributed by atoms with Crippen LogP contribution >= 0.6 is 11.3 Å². The summed E-state index contributed by atoms with van der Waals surface area (Å²) in [5.74, 6) is -0.489. The molecule has 0 saturated heterocycles. The predicted molar refractivity (Wildman–Crippen MR) is 72.4 cm³/mol. The highest BCUT2D eigenvalue weighted by molar-refractivity contribution is 7.15. The van der Waals surface area contributed by atoms with Crippen molar-refractivity contribution in [3.8, 4) is 11.3 Å². The standard InChI is InChI=1S/C13H11F3N2O2S/c1-7(19)20-6-10-11(18-12(17)21-10)8-3-2-4-9(5-8)13(14,15)16/h2-5H,6H2,1H3,(H2,17,18). The molecule has 2 N–H and O–H groups in total. The van der Waals surface area contributed by atoms with E-state index < -0.39 is 17.7 Å². The van der Waals surface area contributed by atoms with E-state index in [1.807, 2.05) is 0 Å². The van der Waals surface area contributed by atoms with Crippen LogP contribution < -0.4 is 5.73 Å². The maximum Gasteiger partial charge on any atom is 0.416 e. The van der Waals surface area contributed by atoms with Gasteiger partial charge in [-0.15, -0.1) is 0 Å². The van der Waals surface area contributed by atoms with Gasteiger partial charge < -0.3 is 10.5 Å². The van der Waals surface area contributed by atoms with E-state index in [4.69, 9.17) is 10.5 Å². The Kier molecular flexibility index (Phi) is 4.17. The third-order valence-corrected chi connectivity index (χ3v) is 3.44. The van der Waals surface area contributed by atoms with Crippen LogP contribution in [0, 0.1) is 0 Å². The lowest BCUT2D eigenvalue weighted by molar-refractivity contribution is -0.142. The number of esters is 1. The number of rotatable bonds is 3. The van der Waals surface area contributed by atoms with Crippen molar-refractivity contribution in [2.45, 2.75) is 19.7 Å². The second-order valence-corrected chi connectivity index (χ2v) is 5.30. The van der Waals surface area contributed by atoms with E-state index in [2.05, 4.69) is 4.98 Å². The topological polar surface area (TPSA) is 65.2 Å². The molecular weight excluding hydrogens is 305 g/mol. The molecule has 0 fully saturated rings. The van der Waals surface area contributed by atoms with Crippen LogP contribution in [0.25, 0.3) is 11.3 Å². The summed E-state index contributed by atoms with van der Waals surface area (Å²) in [5, 5.41) is 0.199. The smallest absolute Gasteiger partial charge is 0.416 e. The van der Waals surface area contributed by atoms with Crippen LogP contribution in [-0.4, -0.2) is 11.0 Å². The van der Waals surface area contributed by atoms with Crippen molar-refractivity contribution in [2.75, 3.05) is 5.73 Å². The molecule has 0 atom stereocenters. The lowest BCUT2D eigenvalue weighted by Gasteiger charge is -2.08. The summed E-state index contributed by atoms with van der Waals surface area (Å²) in [5.41, 5.74) is 5.39. The molecule has 2 rings (SSSR count). The molecule has 21 heavy (non-hydrogen) atoms. The van der Waals surface area contributed by atoms with Crippen molar-refractivity contribution in [1.82, 2.24) is 4.98 Å². The number of benzene rings is 1. The zero-order valence-corrected chi connectivity index (χ0v) is 11.7. The van der Waals surface area contributed by atoms with Gasteiger partial charge in [-0.05, 0) is 12.1 Å². The van der Waals surface area contributed by atoms with Crippen LogP contribution in [0.4, 0.5) is 18.3 Å². The Labute approximate surface area is 122 Å². The van der Waals surface area contributed by atoms with Gasteiger partial charge in [0.25, 0.3) is 0 Å². The molecule has 0 radical (unpaired) electrons. The summed E-state index contributed by atoms with van der Waals surface area (Å²) in [4.78, 5) is 15.4. The second kappa shape index (κ2) is 5.72. The summed E-state index contributed by atoms with van der Waals surface area (Å²) < 4.78 is 43.0. The number of alkyl halides is 3. The minimum Gasteiger partial charge on any atom is -0.460 e. The van der Waals surface area contributed by atoms with E-state index in [1.54, 1.807) is 0 Å². The Bertz CT molecular complexity index is 668. The summed E-state index contributed by atoms with van der Waals surface area (Å²) >= 11 is 1.07. The molecular formula is C13H11F3N2O2S. The highest BCUT2D eigenvalue weighted by Crippen LogP contribution is 2.35. The van der Waals surface area contributed by atoms with Crippen molar-refractivity contribution in [3.05, 3.63) is 34.7 Å². The number of nitrogen functional groups attached to an aromatic ring is 1. The second-order valence-electron chi connectivity index (χ2n) is 4.18. The van der Waals surface area contributed by atoms with Crippen LogP contribution in [0.3, 0.4) is 0 Å². The molecule has 1 aromatic heterocycles. The first-order valence-electron chi connectivity index (χ1n) is 5.83. The quantitative estimate of drug-likeness (QED) is 0.881. The first-order chi connectivity index (χ1) is 9.77. The van der Waals surface area contributed by atoms with Crippen LogP contribution in [0.15, 0.2) is 24.3 Å². The number of carbonyl (C=O) groups excluding carboxylic acids is 1. The van der Waals surface area contributed by atoms with Gasteiger partial charge in [-0.3, -0.25) is 4.79 Å². The van der Waals surface area contributed by atoms with Crippen molar-refractivity contribution in [2.24, 2.45) is 0 Å². The van der Waals surface area contributed by atoms with E-state index in [9.17, 15) is 18.0 Å². The number of halogens is 3. The van der Waals surface area contributed by atoms with E-state index in [0.717, 1.165) is 23.5 Å². The van der Waals surface area contributed by atoms with Gasteiger partial charge in [-0.2, -0.15) is 13.2 Å². The Morgan fingerprint density at radius 2 is 2.14 bits per heavy atom. The third-order valence-electron chi connectivity index (χ3n) is 2.58. The maximum atomic E-state index is 12.7. The number of nitrogens with two attached hydrogens (primary N) is 1. The van der Waals surface area contributed by atoms with E-state index >= 15 is 0 Å². The van der Waals surface area contributed by atoms with Crippen LogP contribution in [0.1, 0.15) is 17.4 Å². The number of carbonyl (C=O) groups is 1. The summed E-state index contributed by atoms with van der Waals surface area (Å²) in [6.45, 7) is 1.17. The highest BCUT2D eigenvalue weighted by Gasteiger charge is 2.30. The minimum absolute atomic E-state index is 0.0736. The van der Waals surface area contributed by atoms with Crippen LogP contribution in [0.2, 0.25) is 0 Å². The SMILES string of the molecule is CC(=O)OCc1sc(N)nc1-c1cccc(C(F)(F)F)c1. The molecule has 0 saturated carbocycles. The van der Waals surface area contributed by atoms with E-state index in [1.165, 1.54) is 19.1 Å². The largest absolute Gasteiger partial charge is 0.460 e. The van der Waals surface area contributed by atoms with Gasteiger partial charge in [0.15, 0.2) is 5.13 Å². The number of aromatic nitrogens is 1. The predicted octanol–water partition coefficient (Wildman–Crippen LogP) is 3.47. The number of ether oxygens (including phenoxy) is 1. The van der Waals surface area contributed by atoms with Gasteiger partial charge in [0.2, 0.25) is 0 Å². The van der Waals surface area contributed by atoms with Gasteiger partial charge in [0.1, 0.15) is 6.61 Å². The minimum atomic E-state index is -4.44. The molecule has 0 aliphatic heterocycles. The van der Waals surface area contributed by atoms with Gasteiger partial charge >= 0.3 is 12.1 Å². The lowest BCUT2D eigenvalue weighted by atomic mass is 10.1. The molecule has 0 bridgehead atoms. The number of anilines is 1. The average Bonchev–Trinajstić information content (AvgIpc) is 2.77. The fourth-order valence-corrected chi connectivity index (χ4v) is 2.47. The molecule has 2 aromatic rings. The Morgan fingerprint density at radius 1 is 1.43 bits per heavy atom. The molecule has 1 heterocycles. The highest BCUT2D eigenvalue weighted by atomic mass is 32.1. The Hall–Kier alpha value is -2.09. The molecule has 1 aromatic carbocycles. The normalized spacial score (nSPS) is 11.4. The summed E-state index contributed by atoms with van der Waals surface area (Å²) in [6.07, 6.45) is -4.44. The summed E-state index contributed by atoms with van der Waals surface area (Å²) in [7, 11) is 0. The van der Waals surface area contributed by atoms with Crippen LogP contribution in [0.5, 0.6) is 0 Å². The average molecular weight is 316 g/mol. The maximum absolute atomic E-state index is 12.7. The number of thiazole rings is 1. The molecule has 0 spiro atoms. The molecule has 4 nitrogen and oxygen atoms in total. The third kappa shape index (κ3) is 3.72. The van der Waals surface area contributed by atoms with Gasteiger partial charge in [-0.25, -0.2) is 4.98 Å². The van der Waals surface area contributed by atoms with Gasteiger partial charge in [-0.1, -0.05) is 23.5 Å². The number of hydrogen-bond donors (Lipinski definition) is 1. The zero-order valence-electron chi connectivity index (χ0n) is 10.9. The van der Waals surface area contributed by atoms with E-state index in [0.29, 0.717) is 10.6 Å². The van der Waals surface area contributed by atoms with E-state index in [-0.39, 0.29) is 17.3 Å². The Balaban J connectivity index is 2.40. The van der Waals surface area contributed by atoms with Gasteiger partial charge in [0.05, 0.1) is 16.1 Å². The molecule has 0 aliphatic rings. The van der Waals surface area contributed by atoms with Crippen molar-refractivity contribution < 1.29 is 22.7 Å². The molecule has 0 amide bonds. The molecule has 0 unspecified atom stereocenters. The fourth-order valence-electron chi connectivity index (χ4n) is 1.70. The van der Waals surface area contributed by atoms with Gasteiger partial charge in [0, 0.05) is 12.5 Å². The molecule has 0 aliphatic carbocycles. The number of nitrogens with zero attached hydrogens (tertiary/aromatic N) is 1. The summed E-state index contributed by atoms with van der Waals surface area (Å²) in [6, 6.07) is 4.76. The first-order valence-corrected chi connectivity index (χ1v) is 6.65. The lowest BCUT2D eigenvalue weighted by Crippen LogP contribution is -2.05. The molecule has 112 valence electrons. The van der Waals surface area contributed by atoms with Crippen LogP contribution in [-0.2, 0) is 22.3 Å². The zero-order chi connectivity index (χ0) is 15.6. The Morgan fingerprint density at radius 3 is 2.76 bits per heavy atom. The first kappa shape index (κ1) is 15.3. The van der Waals surface area contributed by atoms with Crippen molar-refractivity contribution in [1.29, 1.82) is 0 Å². The monoisotopic (exact) mass is 316 g/mol. The van der Waals surface area contributed by atoms with Crippen molar-refractivity contribution >= 4 is 22.4 Å². The fraction of sp³-hybridized carbons (Fsp3) is 0.231.